The highest BCUT2D eigenvalue weighted by Crippen LogP contribution is 2.27. The molecule has 0 saturated carbocycles. The van der Waals surface area contributed by atoms with Crippen molar-refractivity contribution in [1.29, 1.82) is 0 Å². The van der Waals surface area contributed by atoms with E-state index in [1.807, 2.05) is 6.92 Å². The van der Waals surface area contributed by atoms with E-state index in [2.05, 4.69) is 55.9 Å². The summed E-state index contributed by atoms with van der Waals surface area (Å²) in [5.74, 6) is 0. The largest absolute Gasteiger partial charge is 0.377 e. The van der Waals surface area contributed by atoms with Crippen LogP contribution in [0.25, 0.3) is 10.3 Å². The third kappa shape index (κ3) is 3.73. The molecule has 3 aliphatic rings. The number of hydrogen-bond donors (Lipinski definition) is 1. The number of fused-ring (bicyclic) bond motifs is 1. The minimum atomic E-state index is -0.0609. The van der Waals surface area contributed by atoms with Gasteiger partial charge in [0.2, 0.25) is 0 Å². The molecule has 5 heterocycles. The SMILES string of the molecule is CCc1nc2sc(CN3CCN(C4C=CC=C(C)N4C4COC4)CC3)cc2[nH]c1=O. The Hall–Kier alpha value is -2.00. The second-order valence-electron chi connectivity index (χ2n) is 8.31. The normalized spacial score (nSPS) is 23.7. The number of aromatic nitrogens is 2. The van der Waals surface area contributed by atoms with Gasteiger partial charge in [-0.3, -0.25) is 14.6 Å². The summed E-state index contributed by atoms with van der Waals surface area (Å²) >= 11 is 1.70. The van der Waals surface area contributed by atoms with Crippen LogP contribution in [0.1, 0.15) is 24.4 Å². The number of H-pyrrole nitrogens is 1. The lowest BCUT2D eigenvalue weighted by Crippen LogP contribution is -2.60. The summed E-state index contributed by atoms with van der Waals surface area (Å²) in [6.07, 6.45) is 7.71. The van der Waals surface area contributed by atoms with Crippen LogP contribution in [0.5, 0.6) is 0 Å². The van der Waals surface area contributed by atoms with Crippen LogP contribution in [0.3, 0.4) is 0 Å². The van der Waals surface area contributed by atoms with Gasteiger partial charge < -0.3 is 14.6 Å². The molecule has 1 unspecified atom stereocenters. The van der Waals surface area contributed by atoms with Crippen LogP contribution >= 0.6 is 11.3 Å². The molecule has 2 aromatic heterocycles. The number of nitrogens with zero attached hydrogens (tertiary/aromatic N) is 4. The lowest BCUT2D eigenvalue weighted by Gasteiger charge is -2.49. The summed E-state index contributed by atoms with van der Waals surface area (Å²) in [5, 5.41) is 0. The predicted octanol–water partition coefficient (Wildman–Crippen LogP) is 2.17. The molecule has 2 saturated heterocycles. The molecule has 7 nitrogen and oxygen atoms in total. The fourth-order valence-corrected chi connectivity index (χ4v) is 5.61. The quantitative estimate of drug-likeness (QED) is 0.789. The first-order chi connectivity index (χ1) is 14.6. The van der Waals surface area contributed by atoms with Crippen molar-refractivity contribution in [2.75, 3.05) is 39.4 Å². The maximum Gasteiger partial charge on any atom is 0.270 e. The van der Waals surface area contributed by atoms with Gasteiger partial charge in [0, 0.05) is 43.3 Å². The Balaban J connectivity index is 1.23. The van der Waals surface area contributed by atoms with Gasteiger partial charge in [0.25, 0.3) is 5.56 Å². The molecule has 160 valence electrons. The number of allylic oxidation sites excluding steroid dienone is 3. The van der Waals surface area contributed by atoms with Crippen LogP contribution in [0.4, 0.5) is 0 Å². The van der Waals surface area contributed by atoms with E-state index in [4.69, 9.17) is 4.74 Å². The van der Waals surface area contributed by atoms with Gasteiger partial charge in [0.05, 0.1) is 24.8 Å². The first-order valence-electron chi connectivity index (χ1n) is 10.8. The number of thiophene rings is 1. The van der Waals surface area contributed by atoms with Crippen molar-refractivity contribution >= 4 is 21.7 Å². The third-order valence-corrected chi connectivity index (χ3v) is 7.35. The molecule has 3 aliphatic heterocycles. The van der Waals surface area contributed by atoms with Gasteiger partial charge in [-0.1, -0.05) is 13.0 Å². The van der Waals surface area contributed by atoms with Gasteiger partial charge >= 0.3 is 0 Å². The van der Waals surface area contributed by atoms with E-state index in [0.717, 1.165) is 56.3 Å². The van der Waals surface area contributed by atoms with E-state index in [1.165, 1.54) is 10.6 Å². The van der Waals surface area contributed by atoms with E-state index in [0.29, 0.717) is 24.3 Å². The van der Waals surface area contributed by atoms with Crippen molar-refractivity contribution < 1.29 is 4.74 Å². The molecule has 0 bridgehead atoms. The number of rotatable bonds is 5. The van der Waals surface area contributed by atoms with Crippen molar-refractivity contribution in [1.82, 2.24) is 24.7 Å². The summed E-state index contributed by atoms with van der Waals surface area (Å²) in [5.41, 5.74) is 2.75. The summed E-state index contributed by atoms with van der Waals surface area (Å²) < 4.78 is 5.46. The fourth-order valence-electron chi connectivity index (χ4n) is 4.56. The van der Waals surface area contributed by atoms with Crippen molar-refractivity contribution in [3.63, 3.8) is 0 Å². The molecule has 8 heteroatoms. The van der Waals surface area contributed by atoms with Gasteiger partial charge in [-0.15, -0.1) is 11.3 Å². The van der Waals surface area contributed by atoms with Crippen LogP contribution in [0.2, 0.25) is 0 Å². The maximum absolute atomic E-state index is 12.0. The van der Waals surface area contributed by atoms with E-state index < -0.39 is 0 Å². The molecule has 30 heavy (non-hydrogen) atoms. The van der Waals surface area contributed by atoms with Crippen molar-refractivity contribution in [2.24, 2.45) is 0 Å². The highest BCUT2D eigenvalue weighted by molar-refractivity contribution is 7.18. The summed E-state index contributed by atoms with van der Waals surface area (Å²) in [7, 11) is 0. The molecule has 1 atom stereocenters. The van der Waals surface area contributed by atoms with Gasteiger partial charge in [-0.2, -0.15) is 0 Å². The Morgan fingerprint density at radius 3 is 2.77 bits per heavy atom. The number of nitrogens with one attached hydrogen (secondary N) is 1. The van der Waals surface area contributed by atoms with E-state index >= 15 is 0 Å². The zero-order valence-corrected chi connectivity index (χ0v) is 18.5. The molecule has 0 spiro atoms. The summed E-state index contributed by atoms with van der Waals surface area (Å²) in [6.45, 7) is 10.9. The lowest BCUT2D eigenvalue weighted by molar-refractivity contribution is -0.0869. The molecule has 2 fully saturated rings. The zero-order chi connectivity index (χ0) is 20.7. The minimum Gasteiger partial charge on any atom is -0.377 e. The molecule has 0 aliphatic carbocycles. The van der Waals surface area contributed by atoms with Crippen LogP contribution in [-0.2, 0) is 17.7 Å². The highest BCUT2D eigenvalue weighted by Gasteiger charge is 2.35. The molecule has 0 amide bonds. The zero-order valence-electron chi connectivity index (χ0n) is 17.6. The molecular formula is C22H29N5O2S. The van der Waals surface area contributed by atoms with Crippen molar-refractivity contribution in [3.8, 4) is 0 Å². The Morgan fingerprint density at radius 1 is 1.27 bits per heavy atom. The van der Waals surface area contributed by atoms with Crippen LogP contribution < -0.4 is 5.56 Å². The second-order valence-corrected chi connectivity index (χ2v) is 9.43. The Morgan fingerprint density at radius 2 is 2.07 bits per heavy atom. The van der Waals surface area contributed by atoms with Gasteiger partial charge in [-0.05, 0) is 31.6 Å². The average molecular weight is 428 g/mol. The number of aryl methyl sites for hydroxylation is 1. The molecule has 0 radical (unpaired) electrons. The fraction of sp³-hybridized carbons (Fsp3) is 0.545. The van der Waals surface area contributed by atoms with Crippen molar-refractivity contribution in [2.45, 2.75) is 39.0 Å². The van der Waals surface area contributed by atoms with Gasteiger partial charge in [-0.25, -0.2) is 4.98 Å². The van der Waals surface area contributed by atoms with E-state index in [-0.39, 0.29) is 5.56 Å². The van der Waals surface area contributed by atoms with Gasteiger partial charge in [0.15, 0.2) is 0 Å². The van der Waals surface area contributed by atoms with E-state index in [9.17, 15) is 4.79 Å². The van der Waals surface area contributed by atoms with Crippen LogP contribution in [0.15, 0.2) is 34.8 Å². The number of ether oxygens (including phenoxy) is 1. The van der Waals surface area contributed by atoms with Gasteiger partial charge in [0.1, 0.15) is 16.7 Å². The molecule has 1 N–H and O–H groups in total. The molecular weight excluding hydrogens is 398 g/mol. The topological polar surface area (TPSA) is 64.7 Å². The smallest absolute Gasteiger partial charge is 0.270 e. The number of aromatic amines is 1. The summed E-state index contributed by atoms with van der Waals surface area (Å²) in [4.78, 5) is 29.4. The maximum atomic E-state index is 12.0. The minimum absolute atomic E-state index is 0.0609. The monoisotopic (exact) mass is 427 g/mol. The average Bonchev–Trinajstić information content (AvgIpc) is 3.09. The number of piperazine rings is 1. The van der Waals surface area contributed by atoms with Crippen LogP contribution in [-0.4, -0.2) is 76.3 Å². The predicted molar refractivity (Wildman–Crippen MR) is 120 cm³/mol. The molecule has 0 aromatic carbocycles. The highest BCUT2D eigenvalue weighted by atomic mass is 32.1. The summed E-state index contributed by atoms with van der Waals surface area (Å²) in [6, 6.07) is 2.59. The first-order valence-corrected chi connectivity index (χ1v) is 11.6. The number of hydrogen-bond acceptors (Lipinski definition) is 7. The van der Waals surface area contributed by atoms with Crippen molar-refractivity contribution in [3.05, 3.63) is 50.9 Å². The Labute approximate surface area is 180 Å². The second kappa shape index (κ2) is 8.26. The lowest BCUT2D eigenvalue weighted by atomic mass is 10.1. The van der Waals surface area contributed by atoms with Crippen LogP contribution in [0, 0.1) is 0 Å². The third-order valence-electron chi connectivity index (χ3n) is 6.33. The Kier molecular flexibility index (Phi) is 5.49. The Bertz CT molecular complexity index is 1030. The molecule has 5 rings (SSSR count). The molecule has 2 aromatic rings. The standard InChI is InChI=1S/C22H29N5O2S/c1-3-18-21(28)23-19-11-17(30-22(19)24-18)12-25-7-9-26(10-8-25)20-6-4-5-15(2)27(20)16-13-29-14-16/h4-6,11,16,20H,3,7-10,12-14H2,1-2H3,(H,23,28). The van der Waals surface area contributed by atoms with E-state index in [1.54, 1.807) is 11.3 Å². The first kappa shape index (κ1) is 19.9.